The van der Waals surface area contributed by atoms with Crippen LogP contribution in [0.15, 0.2) is 18.2 Å². The number of piperidine rings is 1. The maximum absolute atomic E-state index is 12.8. The van der Waals surface area contributed by atoms with Crippen LogP contribution in [-0.4, -0.2) is 72.8 Å². The van der Waals surface area contributed by atoms with E-state index in [0.29, 0.717) is 28.5 Å². The van der Waals surface area contributed by atoms with Crippen LogP contribution in [0.2, 0.25) is 5.02 Å². The molecule has 0 N–H and O–H groups in total. The Labute approximate surface area is 184 Å². The summed E-state index contributed by atoms with van der Waals surface area (Å²) in [5.41, 5.74) is 1.85. The minimum absolute atomic E-state index is 0.0553. The number of amides is 2. The average Bonchev–Trinajstić information content (AvgIpc) is 2.61. The quantitative estimate of drug-likeness (QED) is 0.721. The van der Waals surface area contributed by atoms with Crippen LogP contribution in [0.5, 0.6) is 0 Å². The predicted molar refractivity (Wildman–Crippen MR) is 118 cm³/mol. The van der Waals surface area contributed by atoms with Crippen molar-refractivity contribution in [3.8, 4) is 0 Å². The highest BCUT2D eigenvalue weighted by Crippen LogP contribution is 2.65. The minimum atomic E-state index is -0.0553. The van der Waals surface area contributed by atoms with E-state index in [-0.39, 0.29) is 11.3 Å². The lowest BCUT2D eigenvalue weighted by Crippen LogP contribution is -2.63. The van der Waals surface area contributed by atoms with Gasteiger partial charge in [-0.1, -0.05) is 17.7 Å². The van der Waals surface area contributed by atoms with Crippen LogP contribution in [0.4, 0.5) is 0 Å². The van der Waals surface area contributed by atoms with Gasteiger partial charge in [-0.25, -0.2) is 0 Å². The number of benzene rings is 1. The van der Waals surface area contributed by atoms with Crippen molar-refractivity contribution in [3.63, 3.8) is 0 Å². The number of halogens is 1. The highest BCUT2D eigenvalue weighted by molar-refractivity contribution is 6.33. The SMILES string of the molecule is CN(C)C(=O)c1ccc(CC2CN(C3CCN(C(=O)C45CC(C4)C5)CC3)C2)cc1Cl. The normalized spacial score (nSPS) is 29.0. The van der Waals surface area contributed by atoms with Gasteiger partial charge in [-0.3, -0.25) is 14.5 Å². The van der Waals surface area contributed by atoms with Gasteiger partial charge in [0.15, 0.2) is 0 Å². The summed E-state index contributed by atoms with van der Waals surface area (Å²) in [6.07, 6.45) is 6.72. The maximum atomic E-state index is 12.8. The van der Waals surface area contributed by atoms with Crippen LogP contribution in [0.3, 0.4) is 0 Å². The van der Waals surface area contributed by atoms with Crippen LogP contribution >= 0.6 is 11.6 Å². The van der Waals surface area contributed by atoms with Gasteiger partial charge in [0.1, 0.15) is 0 Å². The smallest absolute Gasteiger partial charge is 0.254 e. The molecule has 6 heteroatoms. The van der Waals surface area contributed by atoms with E-state index in [9.17, 15) is 9.59 Å². The number of nitrogens with zero attached hydrogens (tertiary/aromatic N) is 3. The van der Waals surface area contributed by atoms with E-state index < -0.39 is 0 Å². The summed E-state index contributed by atoms with van der Waals surface area (Å²) < 4.78 is 0. The van der Waals surface area contributed by atoms with E-state index >= 15 is 0 Å². The van der Waals surface area contributed by atoms with Crippen LogP contribution in [0.1, 0.15) is 48.0 Å². The molecular weight excluding hydrogens is 398 g/mol. The molecule has 2 amide bonds. The molecule has 2 bridgehead atoms. The van der Waals surface area contributed by atoms with E-state index in [4.69, 9.17) is 11.6 Å². The van der Waals surface area contributed by atoms with Crippen LogP contribution in [0, 0.1) is 17.3 Å². The molecule has 1 aromatic rings. The Morgan fingerprint density at radius 2 is 1.80 bits per heavy atom. The molecule has 30 heavy (non-hydrogen) atoms. The van der Waals surface area contributed by atoms with Gasteiger partial charge in [-0.05, 0) is 68.1 Å². The number of carbonyl (C=O) groups is 2. The molecule has 3 aliphatic carbocycles. The molecule has 5 fully saturated rings. The first-order valence-corrected chi connectivity index (χ1v) is 11.8. The van der Waals surface area contributed by atoms with Gasteiger partial charge < -0.3 is 9.80 Å². The van der Waals surface area contributed by atoms with Crippen LogP contribution in [0.25, 0.3) is 0 Å². The second kappa shape index (κ2) is 7.52. The molecule has 6 rings (SSSR count). The van der Waals surface area contributed by atoms with Gasteiger partial charge in [0.25, 0.3) is 5.91 Å². The third-order valence-corrected chi connectivity index (χ3v) is 8.25. The number of carbonyl (C=O) groups excluding carboxylic acids is 2. The van der Waals surface area contributed by atoms with E-state index in [0.717, 1.165) is 70.6 Å². The van der Waals surface area contributed by atoms with Crippen molar-refractivity contribution in [2.75, 3.05) is 40.3 Å². The second-order valence-corrected chi connectivity index (χ2v) is 10.7. The molecule has 5 aliphatic rings. The van der Waals surface area contributed by atoms with Crippen molar-refractivity contribution in [1.29, 1.82) is 0 Å². The fourth-order valence-corrected chi connectivity index (χ4v) is 6.26. The first kappa shape index (κ1) is 20.3. The molecule has 162 valence electrons. The van der Waals surface area contributed by atoms with Gasteiger partial charge in [0.2, 0.25) is 5.91 Å². The lowest BCUT2D eigenvalue weighted by Gasteiger charge is -2.61. The Morgan fingerprint density at radius 3 is 2.33 bits per heavy atom. The molecule has 2 aliphatic heterocycles. The third kappa shape index (κ3) is 3.44. The van der Waals surface area contributed by atoms with Crippen molar-refractivity contribution >= 4 is 23.4 Å². The van der Waals surface area contributed by atoms with Crippen molar-refractivity contribution in [2.45, 2.75) is 44.6 Å². The summed E-state index contributed by atoms with van der Waals surface area (Å²) >= 11 is 6.36. The Morgan fingerprint density at radius 1 is 1.13 bits per heavy atom. The van der Waals surface area contributed by atoms with Gasteiger partial charge in [-0.15, -0.1) is 0 Å². The molecule has 0 spiro atoms. The number of hydrogen-bond acceptors (Lipinski definition) is 3. The highest BCUT2D eigenvalue weighted by Gasteiger charge is 2.62. The first-order chi connectivity index (χ1) is 14.3. The third-order valence-electron chi connectivity index (χ3n) is 7.94. The summed E-state index contributed by atoms with van der Waals surface area (Å²) in [6, 6.07) is 6.48. The van der Waals surface area contributed by atoms with Gasteiger partial charge in [-0.2, -0.15) is 0 Å². The zero-order valence-electron chi connectivity index (χ0n) is 18.1. The lowest BCUT2D eigenvalue weighted by atomic mass is 9.44. The lowest BCUT2D eigenvalue weighted by molar-refractivity contribution is -0.178. The van der Waals surface area contributed by atoms with Gasteiger partial charge >= 0.3 is 0 Å². The first-order valence-electron chi connectivity index (χ1n) is 11.4. The molecule has 2 heterocycles. The van der Waals surface area contributed by atoms with Crippen LogP contribution < -0.4 is 0 Å². The van der Waals surface area contributed by atoms with Crippen LogP contribution in [-0.2, 0) is 11.2 Å². The molecule has 0 atom stereocenters. The molecule has 3 saturated carbocycles. The zero-order valence-corrected chi connectivity index (χ0v) is 18.8. The standard InChI is InChI=1S/C24H32ClN3O2/c1-26(2)22(29)20-4-3-16(10-21(20)25)9-17-14-28(15-17)19-5-7-27(8-6-19)23(30)24-11-18(12-24)13-24/h3-4,10,17-19H,5-9,11-15H2,1-2H3. The summed E-state index contributed by atoms with van der Waals surface area (Å²) in [5.74, 6) is 1.92. The highest BCUT2D eigenvalue weighted by atomic mass is 35.5. The molecule has 1 aromatic carbocycles. The zero-order chi connectivity index (χ0) is 21.0. The van der Waals surface area contributed by atoms with Crippen molar-refractivity contribution in [2.24, 2.45) is 17.3 Å². The fraction of sp³-hybridized carbons (Fsp3) is 0.667. The minimum Gasteiger partial charge on any atom is -0.345 e. The Bertz CT molecular complexity index is 839. The summed E-state index contributed by atoms with van der Waals surface area (Å²) in [4.78, 5) is 31.2. The fourth-order valence-electron chi connectivity index (χ4n) is 5.98. The Kier molecular flexibility index (Phi) is 5.10. The molecule has 0 radical (unpaired) electrons. The summed E-state index contributed by atoms with van der Waals surface area (Å²) in [7, 11) is 3.48. The van der Waals surface area contributed by atoms with E-state index in [1.165, 1.54) is 5.56 Å². The number of hydrogen-bond donors (Lipinski definition) is 0. The molecular formula is C24H32ClN3O2. The molecule has 0 unspecified atom stereocenters. The number of rotatable bonds is 5. The van der Waals surface area contributed by atoms with Crippen molar-refractivity contribution in [3.05, 3.63) is 34.3 Å². The maximum Gasteiger partial charge on any atom is 0.254 e. The van der Waals surface area contributed by atoms with E-state index in [2.05, 4.69) is 9.80 Å². The van der Waals surface area contributed by atoms with E-state index in [1.54, 1.807) is 19.0 Å². The van der Waals surface area contributed by atoms with Gasteiger partial charge in [0.05, 0.1) is 16.0 Å². The second-order valence-electron chi connectivity index (χ2n) is 10.3. The van der Waals surface area contributed by atoms with Gasteiger partial charge in [0, 0.05) is 46.3 Å². The molecule has 2 saturated heterocycles. The molecule has 0 aromatic heterocycles. The summed E-state index contributed by atoms with van der Waals surface area (Å²) in [5, 5.41) is 0.545. The predicted octanol–water partition coefficient (Wildman–Crippen LogP) is 3.31. The topological polar surface area (TPSA) is 43.9 Å². The summed E-state index contributed by atoms with van der Waals surface area (Å²) in [6.45, 7) is 4.13. The Balaban J connectivity index is 1.08. The Hall–Kier alpha value is -1.59. The largest absolute Gasteiger partial charge is 0.345 e. The average molecular weight is 430 g/mol. The van der Waals surface area contributed by atoms with Crippen molar-refractivity contribution in [1.82, 2.24) is 14.7 Å². The molecule has 5 nitrogen and oxygen atoms in total. The van der Waals surface area contributed by atoms with E-state index in [1.807, 2.05) is 18.2 Å². The van der Waals surface area contributed by atoms with Crippen molar-refractivity contribution < 1.29 is 9.59 Å². The monoisotopic (exact) mass is 429 g/mol. The number of likely N-dealkylation sites (tertiary alicyclic amines) is 2.